The van der Waals surface area contributed by atoms with Gasteiger partial charge in [-0.25, -0.2) is 0 Å². The molecule has 174 valence electrons. The molecule has 7 heteroatoms. The zero-order valence-electron chi connectivity index (χ0n) is 18.8. The summed E-state index contributed by atoms with van der Waals surface area (Å²) in [4.78, 5) is 43.1. The monoisotopic (exact) mass is 590 g/mol. The lowest BCUT2D eigenvalue weighted by Gasteiger charge is -2.30. The number of benzene rings is 4. The fraction of sp³-hybridized carbons (Fsp3) is 0.107. The third-order valence-corrected chi connectivity index (χ3v) is 7.33. The Labute approximate surface area is 219 Å². The van der Waals surface area contributed by atoms with Crippen molar-refractivity contribution in [2.24, 2.45) is 0 Å². The van der Waals surface area contributed by atoms with Crippen molar-refractivity contribution in [3.05, 3.63) is 110 Å². The van der Waals surface area contributed by atoms with Gasteiger partial charge in [0.15, 0.2) is 0 Å². The lowest BCUT2D eigenvalue weighted by Crippen LogP contribution is -2.46. The predicted molar refractivity (Wildman–Crippen MR) is 144 cm³/mol. The van der Waals surface area contributed by atoms with Gasteiger partial charge in [0.2, 0.25) is 0 Å². The van der Waals surface area contributed by atoms with Gasteiger partial charge in [-0.15, -0.1) is 0 Å². The first-order valence-corrected chi connectivity index (χ1v) is 12.7. The Bertz CT molecular complexity index is 1480. The Morgan fingerprint density at radius 3 is 2.26 bits per heavy atom. The molecule has 3 amide bonds. The highest BCUT2D eigenvalue weighted by Gasteiger charge is 2.33. The van der Waals surface area contributed by atoms with E-state index in [1.54, 1.807) is 35.2 Å². The molecule has 5 nitrogen and oxygen atoms in total. The number of hydrogen-bond donors (Lipinski definition) is 0. The zero-order chi connectivity index (χ0) is 24.7. The largest absolute Gasteiger partial charge is 0.307 e. The van der Waals surface area contributed by atoms with Gasteiger partial charge in [-0.2, -0.15) is 0 Å². The second-order valence-corrected chi connectivity index (χ2v) is 10.2. The fourth-order valence-electron chi connectivity index (χ4n) is 4.36. The van der Waals surface area contributed by atoms with Gasteiger partial charge in [0.1, 0.15) is 0 Å². The molecule has 0 atom stereocenters. The van der Waals surface area contributed by atoms with E-state index in [2.05, 4.69) is 31.9 Å². The van der Waals surface area contributed by atoms with Crippen LogP contribution in [0.15, 0.2) is 87.8 Å². The highest BCUT2D eigenvalue weighted by Crippen LogP contribution is 2.34. The van der Waals surface area contributed by atoms with Gasteiger partial charge in [-0.1, -0.05) is 67.8 Å². The second kappa shape index (κ2) is 9.40. The molecule has 35 heavy (non-hydrogen) atoms. The van der Waals surface area contributed by atoms with Gasteiger partial charge in [0.25, 0.3) is 17.7 Å². The number of amides is 3. The van der Waals surface area contributed by atoms with E-state index >= 15 is 0 Å². The van der Waals surface area contributed by atoms with Crippen LogP contribution in [0.5, 0.6) is 0 Å². The van der Waals surface area contributed by atoms with Gasteiger partial charge in [0.05, 0.1) is 0 Å². The standard InChI is InChI=1S/C28H20Br2N2O3/c1-17-8-10-20(11-9-17)31(26(33)18-4-2-5-19(29)16-18)14-15-32-27(34)22-7-3-6-21-24(30)13-12-23(25(21)22)28(32)35/h2-13,16H,14-15H2,1H3. The summed E-state index contributed by atoms with van der Waals surface area (Å²) >= 11 is 6.94. The summed E-state index contributed by atoms with van der Waals surface area (Å²) in [6, 6.07) is 23.8. The molecular weight excluding hydrogens is 572 g/mol. The van der Waals surface area contributed by atoms with Gasteiger partial charge in [-0.3, -0.25) is 19.3 Å². The summed E-state index contributed by atoms with van der Waals surface area (Å²) in [6.07, 6.45) is 0. The molecule has 4 aromatic rings. The van der Waals surface area contributed by atoms with E-state index in [4.69, 9.17) is 0 Å². The van der Waals surface area contributed by atoms with Crippen LogP contribution in [0.1, 0.15) is 36.6 Å². The Morgan fingerprint density at radius 1 is 0.857 bits per heavy atom. The first-order valence-electron chi connectivity index (χ1n) is 11.1. The summed E-state index contributed by atoms with van der Waals surface area (Å²) in [5.41, 5.74) is 3.25. The molecule has 0 radical (unpaired) electrons. The number of nitrogens with zero attached hydrogens (tertiary/aromatic N) is 2. The summed E-state index contributed by atoms with van der Waals surface area (Å²) in [7, 11) is 0. The van der Waals surface area contributed by atoms with E-state index < -0.39 is 0 Å². The number of aryl methyl sites for hydroxylation is 1. The molecule has 0 fully saturated rings. The number of hydrogen-bond acceptors (Lipinski definition) is 3. The molecule has 0 spiro atoms. The summed E-state index contributed by atoms with van der Waals surface area (Å²) < 4.78 is 1.63. The number of carbonyl (C=O) groups excluding carboxylic acids is 3. The molecule has 0 aliphatic carbocycles. The third-order valence-electron chi connectivity index (χ3n) is 6.15. The summed E-state index contributed by atoms with van der Waals surface area (Å²) in [6.45, 7) is 2.20. The van der Waals surface area contributed by atoms with Crippen molar-refractivity contribution in [1.82, 2.24) is 4.90 Å². The minimum absolute atomic E-state index is 0.0666. The minimum atomic E-state index is -0.357. The van der Waals surface area contributed by atoms with E-state index in [-0.39, 0.29) is 30.8 Å². The maximum absolute atomic E-state index is 13.5. The summed E-state index contributed by atoms with van der Waals surface area (Å²) in [5.74, 6) is -0.923. The van der Waals surface area contributed by atoms with Crippen LogP contribution >= 0.6 is 31.9 Å². The lowest BCUT2D eigenvalue weighted by molar-refractivity contribution is 0.0611. The van der Waals surface area contributed by atoms with Crippen LogP contribution < -0.4 is 4.90 Å². The molecule has 1 aliphatic rings. The zero-order valence-corrected chi connectivity index (χ0v) is 22.0. The molecule has 1 aliphatic heterocycles. The smallest absolute Gasteiger partial charge is 0.261 e. The Balaban J connectivity index is 1.48. The van der Waals surface area contributed by atoms with Crippen LogP contribution in [-0.2, 0) is 0 Å². The molecule has 0 unspecified atom stereocenters. The van der Waals surface area contributed by atoms with Crippen molar-refractivity contribution in [3.63, 3.8) is 0 Å². The maximum Gasteiger partial charge on any atom is 0.261 e. The highest BCUT2D eigenvalue weighted by molar-refractivity contribution is 9.11. The molecule has 4 aromatic carbocycles. The topological polar surface area (TPSA) is 57.7 Å². The van der Waals surface area contributed by atoms with Crippen LogP contribution in [0.25, 0.3) is 10.8 Å². The fourth-order valence-corrected chi connectivity index (χ4v) is 5.23. The molecule has 1 heterocycles. The second-order valence-electron chi connectivity index (χ2n) is 8.39. The number of imide groups is 1. The molecule has 0 N–H and O–H groups in total. The molecular formula is C28H20Br2N2O3. The number of rotatable bonds is 5. The number of carbonyl (C=O) groups is 3. The lowest BCUT2D eigenvalue weighted by atomic mass is 9.94. The molecule has 0 aromatic heterocycles. The van der Waals surface area contributed by atoms with E-state index in [0.29, 0.717) is 27.8 Å². The highest BCUT2D eigenvalue weighted by atomic mass is 79.9. The Morgan fingerprint density at radius 2 is 1.54 bits per heavy atom. The number of anilines is 1. The van der Waals surface area contributed by atoms with E-state index in [1.807, 2.05) is 55.5 Å². The van der Waals surface area contributed by atoms with Gasteiger partial charge in [0, 0.05) is 49.8 Å². The van der Waals surface area contributed by atoms with Gasteiger partial charge in [-0.05, 0) is 60.8 Å². The molecule has 0 saturated carbocycles. The van der Waals surface area contributed by atoms with Crippen LogP contribution in [-0.4, -0.2) is 35.7 Å². The normalized spacial score (nSPS) is 12.8. The maximum atomic E-state index is 13.5. The SMILES string of the molecule is Cc1ccc(N(CCN2C(=O)c3cccc4c(Br)ccc(c34)C2=O)C(=O)c2cccc(Br)c2)cc1. The van der Waals surface area contributed by atoms with Gasteiger partial charge >= 0.3 is 0 Å². The van der Waals surface area contributed by atoms with Crippen molar-refractivity contribution >= 4 is 66.0 Å². The summed E-state index contributed by atoms with van der Waals surface area (Å²) in [5, 5.41) is 1.49. The van der Waals surface area contributed by atoms with Crippen molar-refractivity contribution < 1.29 is 14.4 Å². The molecule has 5 rings (SSSR count). The van der Waals surface area contributed by atoms with E-state index in [1.165, 1.54) is 4.90 Å². The Hall–Kier alpha value is -3.29. The minimum Gasteiger partial charge on any atom is -0.307 e. The van der Waals surface area contributed by atoms with Crippen molar-refractivity contribution in [2.45, 2.75) is 6.92 Å². The van der Waals surface area contributed by atoms with Crippen LogP contribution in [0.4, 0.5) is 5.69 Å². The predicted octanol–water partition coefficient (Wildman–Crippen LogP) is 6.62. The van der Waals surface area contributed by atoms with Crippen molar-refractivity contribution in [3.8, 4) is 0 Å². The van der Waals surface area contributed by atoms with Crippen molar-refractivity contribution in [2.75, 3.05) is 18.0 Å². The Kier molecular flexibility index (Phi) is 6.30. The third kappa shape index (κ3) is 4.30. The average molecular weight is 592 g/mol. The molecule has 0 bridgehead atoms. The van der Waals surface area contributed by atoms with Crippen LogP contribution in [0.3, 0.4) is 0 Å². The van der Waals surface area contributed by atoms with E-state index in [9.17, 15) is 14.4 Å². The first kappa shape index (κ1) is 23.5. The molecule has 0 saturated heterocycles. The average Bonchev–Trinajstić information content (AvgIpc) is 2.86. The number of halogens is 2. The van der Waals surface area contributed by atoms with Crippen LogP contribution in [0, 0.1) is 6.92 Å². The van der Waals surface area contributed by atoms with Gasteiger partial charge < -0.3 is 4.90 Å². The first-order chi connectivity index (χ1) is 16.8. The quantitative estimate of drug-likeness (QED) is 0.245. The van der Waals surface area contributed by atoms with Crippen molar-refractivity contribution in [1.29, 1.82) is 0 Å². The van der Waals surface area contributed by atoms with Crippen LogP contribution in [0.2, 0.25) is 0 Å². The van der Waals surface area contributed by atoms with E-state index in [0.717, 1.165) is 19.9 Å².